The van der Waals surface area contributed by atoms with Crippen LogP contribution in [0.1, 0.15) is 44.6 Å². The highest BCUT2D eigenvalue weighted by Crippen LogP contribution is 2.51. The third-order valence-corrected chi connectivity index (χ3v) is 7.90. The Morgan fingerprint density at radius 3 is 2.29 bits per heavy atom. The van der Waals surface area contributed by atoms with Gasteiger partial charge in [-0.15, -0.1) is 0 Å². The van der Waals surface area contributed by atoms with E-state index in [1.54, 1.807) is 12.1 Å². The third-order valence-electron chi connectivity index (χ3n) is 5.94. The molecule has 0 spiro atoms. The quantitative estimate of drug-likeness (QED) is 0.661. The van der Waals surface area contributed by atoms with Crippen molar-refractivity contribution in [3.8, 4) is 0 Å². The SMILES string of the molecule is Cc1ccc(S(=O)(=O)O[C@H]2CCC(=O)[C@H]3CC(OS(C)(=O)=O)CC[C@]23C)cc1. The zero-order chi connectivity index (χ0) is 20.7. The molecule has 2 fully saturated rings. The number of rotatable bonds is 5. The predicted octanol–water partition coefficient (Wildman–Crippen LogP) is 2.58. The van der Waals surface area contributed by atoms with Crippen molar-refractivity contribution in [1.29, 1.82) is 0 Å². The molecule has 1 aromatic carbocycles. The molecule has 0 bridgehead atoms. The molecule has 0 heterocycles. The Bertz CT molecular complexity index is 951. The Kier molecular flexibility index (Phi) is 5.75. The molecular weight excluding hydrogens is 404 g/mol. The van der Waals surface area contributed by atoms with E-state index in [0.29, 0.717) is 19.3 Å². The average molecular weight is 431 g/mol. The molecule has 28 heavy (non-hydrogen) atoms. The van der Waals surface area contributed by atoms with Gasteiger partial charge in [0.1, 0.15) is 5.78 Å². The zero-order valence-corrected chi connectivity index (χ0v) is 17.9. The van der Waals surface area contributed by atoms with Gasteiger partial charge >= 0.3 is 0 Å². The Morgan fingerprint density at radius 2 is 1.68 bits per heavy atom. The van der Waals surface area contributed by atoms with Gasteiger partial charge in [-0.2, -0.15) is 16.8 Å². The van der Waals surface area contributed by atoms with Crippen LogP contribution in [0, 0.1) is 18.3 Å². The molecule has 0 aromatic heterocycles. The molecule has 0 amide bonds. The van der Waals surface area contributed by atoms with Crippen molar-refractivity contribution < 1.29 is 30.0 Å². The summed E-state index contributed by atoms with van der Waals surface area (Å²) in [7, 11) is -7.58. The van der Waals surface area contributed by atoms with Crippen molar-refractivity contribution >= 4 is 26.0 Å². The lowest BCUT2D eigenvalue weighted by molar-refractivity contribution is -0.144. The van der Waals surface area contributed by atoms with E-state index in [9.17, 15) is 21.6 Å². The maximum absolute atomic E-state index is 12.8. The molecule has 2 saturated carbocycles. The van der Waals surface area contributed by atoms with Crippen LogP contribution in [0.3, 0.4) is 0 Å². The maximum Gasteiger partial charge on any atom is 0.297 e. The van der Waals surface area contributed by atoms with Crippen LogP contribution in [0.15, 0.2) is 29.2 Å². The molecule has 3 rings (SSSR count). The summed E-state index contributed by atoms with van der Waals surface area (Å²) >= 11 is 0. The summed E-state index contributed by atoms with van der Waals surface area (Å²) < 4.78 is 59.1. The number of aryl methyl sites for hydroxylation is 1. The molecule has 7 nitrogen and oxygen atoms in total. The van der Waals surface area contributed by atoms with E-state index in [1.165, 1.54) is 12.1 Å². The van der Waals surface area contributed by atoms with E-state index in [2.05, 4.69) is 0 Å². The van der Waals surface area contributed by atoms with Gasteiger partial charge in [-0.3, -0.25) is 13.2 Å². The Hall–Kier alpha value is -1.29. The van der Waals surface area contributed by atoms with Crippen LogP contribution in [0.5, 0.6) is 0 Å². The monoisotopic (exact) mass is 430 g/mol. The van der Waals surface area contributed by atoms with Crippen LogP contribution in [-0.4, -0.2) is 41.1 Å². The predicted molar refractivity (Wildman–Crippen MR) is 103 cm³/mol. The van der Waals surface area contributed by atoms with Crippen LogP contribution >= 0.6 is 0 Å². The maximum atomic E-state index is 12.8. The minimum absolute atomic E-state index is 0.0110. The summed E-state index contributed by atoms with van der Waals surface area (Å²) in [5, 5.41) is 0. The Morgan fingerprint density at radius 1 is 1.04 bits per heavy atom. The lowest BCUT2D eigenvalue weighted by Crippen LogP contribution is -2.53. The summed E-state index contributed by atoms with van der Waals surface area (Å²) in [6, 6.07) is 6.43. The lowest BCUT2D eigenvalue weighted by Gasteiger charge is -2.49. The second-order valence-electron chi connectivity index (χ2n) is 8.11. The van der Waals surface area contributed by atoms with Gasteiger partial charge < -0.3 is 0 Å². The number of Topliss-reactive ketones (excluding diaryl/α,β-unsaturated/α-hetero) is 1. The fourth-order valence-electron chi connectivity index (χ4n) is 4.36. The van der Waals surface area contributed by atoms with Crippen LogP contribution in [-0.2, 0) is 33.4 Å². The molecule has 4 atom stereocenters. The second-order valence-corrected chi connectivity index (χ2v) is 11.3. The lowest BCUT2D eigenvalue weighted by atomic mass is 9.58. The first kappa shape index (κ1) is 21.4. The van der Waals surface area contributed by atoms with Gasteiger partial charge in [0.25, 0.3) is 20.2 Å². The molecular formula is C19H26O7S2. The van der Waals surface area contributed by atoms with Crippen LogP contribution in [0.25, 0.3) is 0 Å². The topological polar surface area (TPSA) is 104 Å². The van der Waals surface area contributed by atoms with Crippen molar-refractivity contribution in [3.05, 3.63) is 29.8 Å². The highest BCUT2D eigenvalue weighted by atomic mass is 32.2. The molecule has 2 aliphatic rings. The first-order valence-electron chi connectivity index (χ1n) is 9.32. The van der Waals surface area contributed by atoms with Crippen molar-refractivity contribution in [2.24, 2.45) is 11.3 Å². The van der Waals surface area contributed by atoms with Crippen molar-refractivity contribution in [3.63, 3.8) is 0 Å². The van der Waals surface area contributed by atoms with Gasteiger partial charge in [0.2, 0.25) is 0 Å². The van der Waals surface area contributed by atoms with E-state index in [0.717, 1.165) is 11.8 Å². The summed E-state index contributed by atoms with van der Waals surface area (Å²) in [6.07, 6.45) is 1.46. The van der Waals surface area contributed by atoms with Gasteiger partial charge in [-0.1, -0.05) is 24.6 Å². The van der Waals surface area contributed by atoms with Crippen molar-refractivity contribution in [1.82, 2.24) is 0 Å². The number of benzene rings is 1. The summed E-state index contributed by atoms with van der Waals surface area (Å²) in [5.74, 6) is -0.475. The first-order chi connectivity index (χ1) is 12.9. The van der Waals surface area contributed by atoms with Gasteiger partial charge in [0, 0.05) is 17.8 Å². The van der Waals surface area contributed by atoms with Gasteiger partial charge in [-0.05, 0) is 44.7 Å². The fraction of sp³-hybridized carbons (Fsp3) is 0.632. The summed E-state index contributed by atoms with van der Waals surface area (Å²) in [4.78, 5) is 12.6. The highest BCUT2D eigenvalue weighted by molar-refractivity contribution is 7.86. The standard InChI is InChI=1S/C19H26O7S2/c1-13-4-6-15(7-5-13)28(23,24)26-18-9-8-17(20)16-12-14(25-27(3,21)22)10-11-19(16,18)2/h4-7,14,16,18H,8-12H2,1-3H3/t14?,16-,18+,19+/m1/s1. The van der Waals surface area contributed by atoms with Crippen molar-refractivity contribution in [2.75, 3.05) is 6.26 Å². The highest BCUT2D eigenvalue weighted by Gasteiger charge is 2.53. The number of hydrogen-bond acceptors (Lipinski definition) is 7. The minimum atomic E-state index is -3.96. The molecule has 0 saturated heterocycles. The second kappa shape index (κ2) is 7.51. The van der Waals surface area contributed by atoms with Gasteiger partial charge in [-0.25, -0.2) is 0 Å². The molecule has 0 radical (unpaired) electrons. The normalized spacial score (nSPS) is 31.4. The molecule has 1 unspecified atom stereocenters. The number of ketones is 1. The molecule has 0 N–H and O–H groups in total. The van der Waals surface area contributed by atoms with E-state index in [-0.39, 0.29) is 23.5 Å². The average Bonchev–Trinajstić information content (AvgIpc) is 2.58. The fourth-order valence-corrected chi connectivity index (χ4v) is 6.24. The Balaban J connectivity index is 1.82. The van der Waals surface area contributed by atoms with E-state index in [4.69, 9.17) is 8.37 Å². The third kappa shape index (κ3) is 4.48. The Labute approximate surface area is 166 Å². The molecule has 1 aromatic rings. The van der Waals surface area contributed by atoms with Crippen LogP contribution in [0.2, 0.25) is 0 Å². The largest absolute Gasteiger partial charge is 0.299 e. The zero-order valence-electron chi connectivity index (χ0n) is 16.3. The number of carbonyl (C=O) groups excluding carboxylic acids is 1. The van der Waals surface area contributed by atoms with Gasteiger partial charge in [0.15, 0.2) is 0 Å². The number of carbonyl (C=O) groups is 1. The van der Waals surface area contributed by atoms with Crippen LogP contribution < -0.4 is 0 Å². The van der Waals surface area contributed by atoms with Crippen LogP contribution in [0.4, 0.5) is 0 Å². The number of fused-ring (bicyclic) bond motifs is 1. The summed E-state index contributed by atoms with van der Waals surface area (Å²) in [5.41, 5.74) is 0.267. The minimum Gasteiger partial charge on any atom is -0.299 e. The summed E-state index contributed by atoms with van der Waals surface area (Å²) in [6.45, 7) is 3.73. The molecule has 9 heteroatoms. The van der Waals surface area contributed by atoms with E-state index < -0.39 is 43.8 Å². The smallest absolute Gasteiger partial charge is 0.297 e. The van der Waals surface area contributed by atoms with Gasteiger partial charge in [0.05, 0.1) is 23.4 Å². The van der Waals surface area contributed by atoms with E-state index >= 15 is 0 Å². The number of hydrogen-bond donors (Lipinski definition) is 0. The molecule has 156 valence electrons. The molecule has 2 aliphatic carbocycles. The molecule has 0 aliphatic heterocycles. The van der Waals surface area contributed by atoms with E-state index in [1.807, 2.05) is 13.8 Å². The first-order valence-corrected chi connectivity index (χ1v) is 12.5. The van der Waals surface area contributed by atoms with Crippen molar-refractivity contribution in [2.45, 2.75) is 63.1 Å².